The zero-order chi connectivity index (χ0) is 16.9. The highest BCUT2D eigenvalue weighted by molar-refractivity contribution is 5.79. The zero-order valence-corrected chi connectivity index (χ0v) is 14.4. The van der Waals surface area contributed by atoms with Crippen molar-refractivity contribution in [1.82, 2.24) is 14.9 Å². The molecule has 0 amide bonds. The summed E-state index contributed by atoms with van der Waals surface area (Å²) in [5, 5.41) is 0. The summed E-state index contributed by atoms with van der Waals surface area (Å²) in [6, 6.07) is 13.9. The van der Waals surface area contributed by atoms with Crippen LogP contribution in [0.3, 0.4) is 0 Å². The van der Waals surface area contributed by atoms with Crippen molar-refractivity contribution in [2.24, 2.45) is 0 Å². The molecule has 1 N–H and O–H groups in total. The first-order valence-corrected chi connectivity index (χ1v) is 8.17. The van der Waals surface area contributed by atoms with Crippen LogP contribution in [0, 0.1) is 0 Å². The smallest absolute Gasteiger partial charge is 0.161 e. The normalized spacial score (nSPS) is 11.2. The van der Waals surface area contributed by atoms with Gasteiger partial charge in [-0.1, -0.05) is 12.1 Å². The number of aromatic nitrogens is 2. The third-order valence-corrected chi connectivity index (χ3v) is 3.70. The van der Waals surface area contributed by atoms with E-state index in [1.54, 1.807) is 0 Å². The van der Waals surface area contributed by atoms with Gasteiger partial charge in [0.1, 0.15) is 12.4 Å². The maximum atomic E-state index is 5.85. The number of para-hydroxylation sites is 2. The van der Waals surface area contributed by atoms with Gasteiger partial charge in [0.2, 0.25) is 0 Å². The number of benzene rings is 2. The average molecular weight is 325 g/mol. The summed E-state index contributed by atoms with van der Waals surface area (Å²) in [5.41, 5.74) is 2.96. The monoisotopic (exact) mass is 325 g/mol. The van der Waals surface area contributed by atoms with Crippen molar-refractivity contribution < 1.29 is 9.47 Å². The van der Waals surface area contributed by atoms with E-state index in [9.17, 15) is 0 Å². The van der Waals surface area contributed by atoms with Gasteiger partial charge in [0.25, 0.3) is 0 Å². The fraction of sp³-hybridized carbons (Fsp3) is 0.316. The van der Waals surface area contributed by atoms with Gasteiger partial charge in [0, 0.05) is 12.1 Å². The van der Waals surface area contributed by atoms with Crippen LogP contribution in [0.1, 0.15) is 6.92 Å². The first-order chi connectivity index (χ1) is 11.7. The first-order valence-electron chi connectivity index (χ1n) is 8.17. The molecule has 3 rings (SSSR count). The van der Waals surface area contributed by atoms with E-state index in [1.807, 2.05) is 63.5 Å². The number of nitrogens with one attached hydrogen (secondary N) is 1. The molecule has 2 aromatic carbocycles. The van der Waals surface area contributed by atoms with E-state index in [4.69, 9.17) is 9.47 Å². The number of ether oxygens (including phenoxy) is 2. The minimum Gasteiger partial charge on any atom is -0.490 e. The van der Waals surface area contributed by atoms with Crippen LogP contribution in [0.4, 0.5) is 0 Å². The SMILES string of the molecule is CCOc1cc(-c2nc3ccccc3[nH]2)ccc1OCCN(C)C. The Bertz CT molecular complexity index is 778. The molecule has 0 atom stereocenters. The van der Waals surface area contributed by atoms with Gasteiger partial charge in [-0.15, -0.1) is 0 Å². The Labute approximate surface area is 142 Å². The van der Waals surface area contributed by atoms with E-state index in [1.165, 1.54) is 0 Å². The number of H-pyrrole nitrogens is 1. The number of aromatic amines is 1. The van der Waals surface area contributed by atoms with Gasteiger partial charge in [0.05, 0.1) is 17.6 Å². The average Bonchev–Trinajstić information content (AvgIpc) is 3.00. The maximum absolute atomic E-state index is 5.85. The van der Waals surface area contributed by atoms with E-state index in [2.05, 4.69) is 14.9 Å². The van der Waals surface area contributed by atoms with E-state index < -0.39 is 0 Å². The number of nitrogens with zero attached hydrogens (tertiary/aromatic N) is 2. The van der Waals surface area contributed by atoms with Crippen LogP contribution < -0.4 is 9.47 Å². The highest BCUT2D eigenvalue weighted by Gasteiger charge is 2.11. The Morgan fingerprint density at radius 2 is 1.88 bits per heavy atom. The molecule has 126 valence electrons. The number of fused-ring (bicyclic) bond motifs is 1. The number of hydrogen-bond donors (Lipinski definition) is 1. The Kier molecular flexibility index (Phi) is 5.01. The van der Waals surface area contributed by atoms with Crippen molar-refractivity contribution in [3.63, 3.8) is 0 Å². The summed E-state index contributed by atoms with van der Waals surface area (Å²) >= 11 is 0. The van der Waals surface area contributed by atoms with E-state index >= 15 is 0 Å². The number of hydrogen-bond acceptors (Lipinski definition) is 4. The van der Waals surface area contributed by atoms with Gasteiger partial charge < -0.3 is 19.4 Å². The topological polar surface area (TPSA) is 50.4 Å². The van der Waals surface area contributed by atoms with Crippen molar-refractivity contribution >= 4 is 11.0 Å². The molecule has 5 heteroatoms. The maximum Gasteiger partial charge on any atom is 0.161 e. The predicted molar refractivity (Wildman–Crippen MR) is 96.7 cm³/mol. The minimum absolute atomic E-state index is 0.591. The largest absolute Gasteiger partial charge is 0.490 e. The van der Waals surface area contributed by atoms with Crippen molar-refractivity contribution in [2.75, 3.05) is 33.9 Å². The fourth-order valence-electron chi connectivity index (χ4n) is 2.47. The third kappa shape index (κ3) is 3.68. The third-order valence-electron chi connectivity index (χ3n) is 3.70. The lowest BCUT2D eigenvalue weighted by atomic mass is 10.2. The molecule has 0 aliphatic heterocycles. The molecule has 24 heavy (non-hydrogen) atoms. The summed E-state index contributed by atoms with van der Waals surface area (Å²) in [4.78, 5) is 10.1. The summed E-state index contributed by atoms with van der Waals surface area (Å²) in [6.45, 7) is 4.04. The molecule has 0 spiro atoms. The molecule has 0 radical (unpaired) electrons. The highest BCUT2D eigenvalue weighted by Crippen LogP contribution is 2.32. The van der Waals surface area contributed by atoms with Crippen LogP contribution in [-0.2, 0) is 0 Å². The molecule has 0 aliphatic rings. The number of likely N-dealkylation sites (N-methyl/N-ethyl adjacent to an activating group) is 1. The van der Waals surface area contributed by atoms with Crippen LogP contribution in [-0.4, -0.2) is 48.7 Å². The Morgan fingerprint density at radius 3 is 2.62 bits per heavy atom. The summed E-state index contributed by atoms with van der Waals surface area (Å²) in [6.07, 6.45) is 0. The standard InChI is InChI=1S/C19H23N3O2/c1-4-23-18-13-14(9-10-17(18)24-12-11-22(2)3)19-20-15-7-5-6-8-16(15)21-19/h5-10,13H,4,11-12H2,1-3H3,(H,20,21). The molecular weight excluding hydrogens is 302 g/mol. The van der Waals surface area contributed by atoms with Gasteiger partial charge >= 0.3 is 0 Å². The second-order valence-corrected chi connectivity index (χ2v) is 5.85. The van der Waals surface area contributed by atoms with Gasteiger partial charge in [-0.2, -0.15) is 0 Å². The second kappa shape index (κ2) is 7.36. The molecular formula is C19H23N3O2. The summed E-state index contributed by atoms with van der Waals surface area (Å²) in [7, 11) is 4.05. The summed E-state index contributed by atoms with van der Waals surface area (Å²) in [5.74, 6) is 2.34. The molecule has 0 fully saturated rings. The van der Waals surface area contributed by atoms with E-state index in [0.717, 1.165) is 40.5 Å². The quantitative estimate of drug-likeness (QED) is 0.721. The van der Waals surface area contributed by atoms with Crippen molar-refractivity contribution in [2.45, 2.75) is 6.92 Å². The van der Waals surface area contributed by atoms with Crippen LogP contribution in [0.5, 0.6) is 11.5 Å². The Balaban J connectivity index is 1.87. The van der Waals surface area contributed by atoms with Crippen LogP contribution in [0.2, 0.25) is 0 Å². The Hall–Kier alpha value is -2.53. The van der Waals surface area contributed by atoms with Gasteiger partial charge in [-0.25, -0.2) is 4.98 Å². The fourth-order valence-corrected chi connectivity index (χ4v) is 2.47. The highest BCUT2D eigenvalue weighted by atomic mass is 16.5. The molecule has 1 heterocycles. The lowest BCUT2D eigenvalue weighted by molar-refractivity contribution is 0.244. The lowest BCUT2D eigenvalue weighted by Gasteiger charge is -2.14. The molecule has 1 aromatic heterocycles. The van der Waals surface area contributed by atoms with Crippen molar-refractivity contribution in [1.29, 1.82) is 0 Å². The molecule has 0 saturated heterocycles. The summed E-state index contributed by atoms with van der Waals surface area (Å²) < 4.78 is 11.6. The Morgan fingerprint density at radius 1 is 1.04 bits per heavy atom. The van der Waals surface area contributed by atoms with Gasteiger partial charge in [0.15, 0.2) is 11.5 Å². The number of imidazole rings is 1. The minimum atomic E-state index is 0.591. The predicted octanol–water partition coefficient (Wildman–Crippen LogP) is 3.57. The molecule has 0 saturated carbocycles. The van der Waals surface area contributed by atoms with Gasteiger partial charge in [-0.05, 0) is 51.4 Å². The van der Waals surface area contributed by atoms with Gasteiger partial charge in [-0.3, -0.25) is 0 Å². The van der Waals surface area contributed by atoms with E-state index in [-0.39, 0.29) is 0 Å². The van der Waals surface area contributed by atoms with Crippen LogP contribution >= 0.6 is 0 Å². The molecule has 3 aromatic rings. The van der Waals surface area contributed by atoms with Crippen LogP contribution in [0.15, 0.2) is 42.5 Å². The van der Waals surface area contributed by atoms with Crippen molar-refractivity contribution in [3.8, 4) is 22.9 Å². The molecule has 5 nitrogen and oxygen atoms in total. The second-order valence-electron chi connectivity index (χ2n) is 5.85. The van der Waals surface area contributed by atoms with Crippen LogP contribution in [0.25, 0.3) is 22.4 Å². The molecule has 0 unspecified atom stereocenters. The lowest BCUT2D eigenvalue weighted by Crippen LogP contribution is -2.19. The van der Waals surface area contributed by atoms with Crippen molar-refractivity contribution in [3.05, 3.63) is 42.5 Å². The number of rotatable bonds is 7. The molecule has 0 bridgehead atoms. The zero-order valence-electron chi connectivity index (χ0n) is 14.4. The van der Waals surface area contributed by atoms with E-state index in [0.29, 0.717) is 13.2 Å². The molecule has 0 aliphatic carbocycles. The first kappa shape index (κ1) is 16.3.